The molecule has 0 amide bonds. The van der Waals surface area contributed by atoms with Gasteiger partial charge in [0.15, 0.2) is 5.75 Å². The summed E-state index contributed by atoms with van der Waals surface area (Å²) in [6.45, 7) is 2.39. The molecule has 0 aliphatic rings. The lowest BCUT2D eigenvalue weighted by Crippen LogP contribution is -2.09. The average molecular weight is 353 g/mol. The molecule has 0 bridgehead atoms. The summed E-state index contributed by atoms with van der Waals surface area (Å²) in [5, 5.41) is 10.8. The number of hydrogen-bond donors (Lipinski definition) is 0. The first-order valence-corrected chi connectivity index (χ1v) is 8.10. The average Bonchev–Trinajstić information content (AvgIpc) is 2.59. The van der Waals surface area contributed by atoms with Gasteiger partial charge in [-0.15, -0.1) is 0 Å². The molecule has 0 atom stereocenters. The normalized spacial score (nSPS) is 10.2. The summed E-state index contributed by atoms with van der Waals surface area (Å²) in [4.78, 5) is 33.3. The first-order valence-electron chi connectivity index (χ1n) is 8.10. The minimum atomic E-state index is -0.547. The first-order chi connectivity index (χ1) is 12.0. The maximum Gasteiger partial charge on any atom is 0.310 e. The second-order valence-corrected chi connectivity index (χ2v) is 5.35. The highest BCUT2D eigenvalue weighted by Crippen LogP contribution is 2.27. The van der Waals surface area contributed by atoms with Crippen molar-refractivity contribution >= 4 is 17.6 Å². The summed E-state index contributed by atoms with van der Waals surface area (Å²) in [6, 6.07) is 4.25. The van der Waals surface area contributed by atoms with Gasteiger partial charge in [0.25, 0.3) is 0 Å². The highest BCUT2D eigenvalue weighted by atomic mass is 16.6. The highest BCUT2D eigenvalue weighted by molar-refractivity contribution is 5.72. The second kappa shape index (κ2) is 11.0. The number of carbonyl (C=O) groups excluding carboxylic acids is 2. The van der Waals surface area contributed by atoms with Crippen LogP contribution in [0.15, 0.2) is 18.2 Å². The third-order valence-electron chi connectivity index (χ3n) is 3.36. The summed E-state index contributed by atoms with van der Waals surface area (Å²) in [5.41, 5.74) is 0.425. The van der Waals surface area contributed by atoms with Gasteiger partial charge in [-0.2, -0.15) is 0 Å². The Morgan fingerprint density at radius 3 is 2.40 bits per heavy atom. The minimum Gasteiger partial charge on any atom is -0.490 e. The molecule has 138 valence electrons. The number of methoxy groups -OCH3 is 1. The van der Waals surface area contributed by atoms with E-state index in [1.165, 1.54) is 25.3 Å². The van der Waals surface area contributed by atoms with Crippen molar-refractivity contribution in [3.63, 3.8) is 0 Å². The Bertz CT molecular complexity index is 601. The van der Waals surface area contributed by atoms with E-state index >= 15 is 0 Å². The number of hydrogen-bond acceptors (Lipinski definition) is 7. The Kier molecular flexibility index (Phi) is 8.99. The summed E-state index contributed by atoms with van der Waals surface area (Å²) in [7, 11) is 1.33. The van der Waals surface area contributed by atoms with E-state index in [9.17, 15) is 19.7 Å². The Morgan fingerprint density at radius 2 is 1.80 bits per heavy atom. The van der Waals surface area contributed by atoms with Gasteiger partial charge < -0.3 is 14.2 Å². The van der Waals surface area contributed by atoms with E-state index in [0.717, 1.165) is 12.8 Å². The highest BCUT2D eigenvalue weighted by Gasteiger charge is 2.15. The molecule has 1 rings (SSSR count). The fourth-order valence-electron chi connectivity index (χ4n) is 1.98. The van der Waals surface area contributed by atoms with Crippen LogP contribution >= 0.6 is 0 Å². The molecule has 1 aromatic carbocycles. The predicted octanol–water partition coefficient (Wildman–Crippen LogP) is 3.16. The zero-order valence-electron chi connectivity index (χ0n) is 14.5. The van der Waals surface area contributed by atoms with E-state index in [-0.39, 0.29) is 36.9 Å². The maximum absolute atomic E-state index is 11.7. The van der Waals surface area contributed by atoms with Crippen molar-refractivity contribution < 1.29 is 28.7 Å². The van der Waals surface area contributed by atoms with Crippen molar-refractivity contribution in [1.29, 1.82) is 0 Å². The summed E-state index contributed by atoms with van der Waals surface area (Å²) in [5.74, 6) is -0.659. The zero-order valence-corrected chi connectivity index (χ0v) is 14.5. The van der Waals surface area contributed by atoms with E-state index in [0.29, 0.717) is 18.6 Å². The van der Waals surface area contributed by atoms with Crippen LogP contribution in [0.5, 0.6) is 5.75 Å². The fraction of sp³-hybridized carbons (Fsp3) is 0.529. The van der Waals surface area contributed by atoms with Gasteiger partial charge >= 0.3 is 17.6 Å². The van der Waals surface area contributed by atoms with Crippen molar-refractivity contribution in [2.45, 2.75) is 45.6 Å². The lowest BCUT2D eigenvalue weighted by Gasteiger charge is -2.07. The summed E-state index contributed by atoms with van der Waals surface area (Å²) < 4.78 is 15.0. The van der Waals surface area contributed by atoms with E-state index in [1.807, 2.05) is 6.92 Å². The third kappa shape index (κ3) is 7.65. The molecule has 0 spiro atoms. The number of nitro groups is 1. The molecule has 0 aliphatic carbocycles. The molecular formula is C17H23NO7. The lowest BCUT2D eigenvalue weighted by atomic mass is 10.2. The quantitative estimate of drug-likeness (QED) is 0.260. The van der Waals surface area contributed by atoms with Crippen LogP contribution in [0.4, 0.5) is 5.69 Å². The Hall–Kier alpha value is -2.64. The molecular weight excluding hydrogens is 330 g/mol. The van der Waals surface area contributed by atoms with Gasteiger partial charge in [-0.3, -0.25) is 19.7 Å². The molecule has 0 heterocycles. The van der Waals surface area contributed by atoms with E-state index < -0.39 is 10.9 Å². The number of unbranched alkanes of at least 4 members (excludes halogenated alkanes) is 1. The molecule has 0 aliphatic heterocycles. The van der Waals surface area contributed by atoms with Crippen molar-refractivity contribution in [3.05, 3.63) is 33.9 Å². The van der Waals surface area contributed by atoms with Crippen LogP contribution < -0.4 is 4.74 Å². The monoisotopic (exact) mass is 353 g/mol. The Labute approximate surface area is 146 Å². The molecule has 0 saturated heterocycles. The number of benzene rings is 1. The zero-order chi connectivity index (χ0) is 18.7. The van der Waals surface area contributed by atoms with Gasteiger partial charge in [0.05, 0.1) is 18.6 Å². The minimum absolute atomic E-state index is 0.0197. The number of ether oxygens (including phenoxy) is 3. The van der Waals surface area contributed by atoms with E-state index in [2.05, 4.69) is 0 Å². The van der Waals surface area contributed by atoms with Crippen molar-refractivity contribution in [1.82, 2.24) is 0 Å². The van der Waals surface area contributed by atoms with Gasteiger partial charge in [-0.05, 0) is 30.5 Å². The van der Waals surface area contributed by atoms with Crippen LogP contribution in [0.25, 0.3) is 0 Å². The molecule has 0 unspecified atom stereocenters. The van der Waals surface area contributed by atoms with Crippen molar-refractivity contribution in [2.24, 2.45) is 0 Å². The number of nitro benzene ring substituents is 1. The smallest absolute Gasteiger partial charge is 0.310 e. The topological polar surface area (TPSA) is 105 Å². The van der Waals surface area contributed by atoms with E-state index in [1.54, 1.807) is 0 Å². The molecule has 8 nitrogen and oxygen atoms in total. The van der Waals surface area contributed by atoms with Crippen LogP contribution in [-0.4, -0.2) is 30.6 Å². The van der Waals surface area contributed by atoms with Crippen molar-refractivity contribution in [2.75, 3.05) is 13.7 Å². The molecule has 0 N–H and O–H groups in total. The number of rotatable bonds is 11. The fourth-order valence-corrected chi connectivity index (χ4v) is 1.98. The van der Waals surface area contributed by atoms with Crippen LogP contribution in [0.3, 0.4) is 0 Å². The summed E-state index contributed by atoms with van der Waals surface area (Å²) in [6.07, 6.45) is 2.41. The van der Waals surface area contributed by atoms with Crippen molar-refractivity contribution in [3.8, 4) is 5.75 Å². The van der Waals surface area contributed by atoms with Crippen LogP contribution in [0.1, 0.15) is 44.6 Å². The maximum atomic E-state index is 11.7. The number of carbonyl (C=O) groups is 2. The van der Waals surface area contributed by atoms with Crippen LogP contribution in [0, 0.1) is 10.1 Å². The van der Waals surface area contributed by atoms with Gasteiger partial charge in [-0.1, -0.05) is 13.3 Å². The molecule has 0 saturated carbocycles. The van der Waals surface area contributed by atoms with Gasteiger partial charge in [0.1, 0.15) is 6.61 Å². The molecule has 0 radical (unpaired) electrons. The van der Waals surface area contributed by atoms with Gasteiger partial charge in [0, 0.05) is 18.9 Å². The number of esters is 2. The van der Waals surface area contributed by atoms with E-state index in [4.69, 9.17) is 14.2 Å². The largest absolute Gasteiger partial charge is 0.490 e. The van der Waals surface area contributed by atoms with Gasteiger partial charge in [0.2, 0.25) is 0 Å². The SMILES string of the molecule is CCCCOC(=O)CCCC(=O)OCc1ccc([N+](=O)[O-])c(OC)c1. The Morgan fingerprint density at radius 1 is 1.12 bits per heavy atom. The molecule has 0 fully saturated rings. The predicted molar refractivity (Wildman–Crippen MR) is 89.2 cm³/mol. The standard InChI is InChI=1S/C17H23NO7/c1-3-4-10-24-16(19)6-5-7-17(20)25-12-13-8-9-14(18(21)22)15(11-13)23-2/h8-9,11H,3-7,10,12H2,1-2H3. The molecule has 0 aromatic heterocycles. The number of nitrogens with zero attached hydrogens (tertiary/aromatic N) is 1. The van der Waals surface area contributed by atoms with Crippen LogP contribution in [0.2, 0.25) is 0 Å². The molecule has 1 aromatic rings. The molecule has 8 heteroatoms. The lowest BCUT2D eigenvalue weighted by molar-refractivity contribution is -0.385. The second-order valence-electron chi connectivity index (χ2n) is 5.35. The molecule has 25 heavy (non-hydrogen) atoms. The third-order valence-corrected chi connectivity index (χ3v) is 3.36. The summed E-state index contributed by atoms with van der Waals surface area (Å²) >= 11 is 0. The first kappa shape index (κ1) is 20.4. The van der Waals surface area contributed by atoms with Gasteiger partial charge in [-0.25, -0.2) is 0 Å². The Balaban J connectivity index is 2.34. The van der Waals surface area contributed by atoms with Crippen LogP contribution in [-0.2, 0) is 25.7 Å².